The minimum atomic E-state index is -1.05. The number of aliphatic hydroxyl groups excluding tert-OH is 1. The largest absolute Gasteiger partial charge is 0.496 e. The van der Waals surface area contributed by atoms with E-state index in [2.05, 4.69) is 51.8 Å². The molecule has 2 heterocycles. The minimum absolute atomic E-state index is 0.0301. The second kappa shape index (κ2) is 13.8. The molecule has 4 aromatic rings. The molecule has 8 nitrogen and oxygen atoms in total. The number of halogens is 6. The van der Waals surface area contributed by atoms with Gasteiger partial charge in [0.15, 0.2) is 10.3 Å². The SMILES string of the molecule is COc1ccc(Br)cc1C(=O)c1ncc(Cl)nc1Cl.COc1ccc(Br)cc1C(O)c1ncc(Cl)nc1Cl. The quantitative estimate of drug-likeness (QED) is 0.205. The summed E-state index contributed by atoms with van der Waals surface area (Å²) in [6.45, 7) is 0. The van der Waals surface area contributed by atoms with Gasteiger partial charge in [0.05, 0.1) is 32.2 Å². The highest BCUT2D eigenvalue weighted by atomic mass is 79.9. The fourth-order valence-electron chi connectivity index (χ4n) is 3.09. The topological polar surface area (TPSA) is 107 Å². The standard InChI is InChI=1S/C12H9BrCl2N2O2.C12H7BrCl2N2O2/c2*1-19-8-3-2-6(13)4-7(8)11(18)10-12(15)17-9(14)5-16-10/h2-5,11,18H,1H3;2-5H,1H3. The average molecular weight is 726 g/mol. The smallest absolute Gasteiger partial charge is 0.218 e. The average Bonchev–Trinajstić information content (AvgIpc) is 2.88. The Bertz CT molecular complexity index is 1480. The van der Waals surface area contributed by atoms with Crippen molar-refractivity contribution in [1.29, 1.82) is 0 Å². The van der Waals surface area contributed by atoms with Crippen LogP contribution in [0.4, 0.5) is 0 Å². The van der Waals surface area contributed by atoms with E-state index in [0.717, 1.165) is 8.95 Å². The number of benzene rings is 2. The molecule has 0 aliphatic heterocycles. The van der Waals surface area contributed by atoms with E-state index in [9.17, 15) is 9.90 Å². The Labute approximate surface area is 254 Å². The van der Waals surface area contributed by atoms with Gasteiger partial charge in [-0.1, -0.05) is 78.3 Å². The molecule has 2 aromatic carbocycles. The first-order chi connectivity index (χ1) is 18.0. The molecule has 0 radical (unpaired) electrons. The molecule has 38 heavy (non-hydrogen) atoms. The molecule has 0 aliphatic rings. The van der Waals surface area contributed by atoms with Gasteiger partial charge in [0, 0.05) is 14.5 Å². The highest BCUT2D eigenvalue weighted by molar-refractivity contribution is 9.10. The number of methoxy groups -OCH3 is 2. The van der Waals surface area contributed by atoms with Crippen LogP contribution >= 0.6 is 78.3 Å². The van der Waals surface area contributed by atoms with Gasteiger partial charge >= 0.3 is 0 Å². The monoisotopic (exact) mass is 722 g/mol. The molecule has 4 rings (SSSR count). The first-order valence-corrected chi connectivity index (χ1v) is 13.4. The summed E-state index contributed by atoms with van der Waals surface area (Å²) in [5.41, 5.74) is 1.13. The van der Waals surface area contributed by atoms with Gasteiger partial charge in [-0.2, -0.15) is 0 Å². The normalized spacial score (nSPS) is 11.3. The molecule has 0 aliphatic carbocycles. The van der Waals surface area contributed by atoms with Crippen molar-refractivity contribution >= 4 is 84.0 Å². The van der Waals surface area contributed by atoms with E-state index in [-0.39, 0.29) is 37.8 Å². The van der Waals surface area contributed by atoms with Gasteiger partial charge in [0.25, 0.3) is 0 Å². The zero-order chi connectivity index (χ0) is 28.0. The third kappa shape index (κ3) is 7.53. The molecule has 0 bridgehead atoms. The number of hydrogen-bond acceptors (Lipinski definition) is 8. The predicted octanol–water partition coefficient (Wildman–Crippen LogP) is 7.42. The van der Waals surface area contributed by atoms with Crippen molar-refractivity contribution in [3.8, 4) is 11.5 Å². The molecule has 198 valence electrons. The van der Waals surface area contributed by atoms with Crippen LogP contribution in [0.5, 0.6) is 11.5 Å². The summed E-state index contributed by atoms with van der Waals surface area (Å²) in [6.07, 6.45) is 1.55. The zero-order valence-electron chi connectivity index (χ0n) is 19.4. The lowest BCUT2D eigenvalue weighted by molar-refractivity contribution is 0.103. The fourth-order valence-corrected chi connectivity index (χ4v) is 4.65. The van der Waals surface area contributed by atoms with Crippen LogP contribution in [0.2, 0.25) is 20.6 Å². The van der Waals surface area contributed by atoms with Crippen LogP contribution in [0.3, 0.4) is 0 Å². The summed E-state index contributed by atoms with van der Waals surface area (Å²) < 4.78 is 11.9. The first kappa shape index (κ1) is 30.5. The van der Waals surface area contributed by atoms with Crippen LogP contribution in [-0.4, -0.2) is 45.0 Å². The van der Waals surface area contributed by atoms with Crippen molar-refractivity contribution < 1.29 is 19.4 Å². The molecule has 14 heteroatoms. The summed E-state index contributed by atoms with van der Waals surface area (Å²) in [6, 6.07) is 10.4. The zero-order valence-corrected chi connectivity index (χ0v) is 25.6. The van der Waals surface area contributed by atoms with Crippen molar-refractivity contribution in [2.75, 3.05) is 14.2 Å². The molecule has 0 saturated heterocycles. The van der Waals surface area contributed by atoms with Crippen LogP contribution in [0.15, 0.2) is 57.7 Å². The number of aromatic nitrogens is 4. The highest BCUT2D eigenvalue weighted by Gasteiger charge is 2.22. The number of hydrogen-bond donors (Lipinski definition) is 1. The van der Waals surface area contributed by atoms with E-state index in [0.29, 0.717) is 22.6 Å². The number of rotatable bonds is 6. The number of aliphatic hydroxyl groups is 1. The summed E-state index contributed by atoms with van der Waals surface area (Å²) in [5, 5.41) is 10.7. The van der Waals surface area contributed by atoms with Gasteiger partial charge in [0.2, 0.25) is 5.78 Å². The third-order valence-electron chi connectivity index (χ3n) is 4.79. The lowest BCUT2D eigenvalue weighted by atomic mass is 10.1. The maximum absolute atomic E-state index is 12.4. The molecule has 0 spiro atoms. The van der Waals surface area contributed by atoms with Crippen molar-refractivity contribution in [3.05, 3.63) is 101 Å². The molecule has 1 N–H and O–H groups in total. The molecular formula is C24H16Br2Cl4N4O4. The Morgan fingerprint density at radius 1 is 0.842 bits per heavy atom. The van der Waals surface area contributed by atoms with Crippen LogP contribution in [0, 0.1) is 0 Å². The Kier molecular flexibility index (Phi) is 11.1. The lowest BCUT2D eigenvalue weighted by Gasteiger charge is -2.15. The Balaban J connectivity index is 0.000000211. The fraction of sp³-hybridized carbons (Fsp3) is 0.125. The second-order valence-electron chi connectivity index (χ2n) is 7.16. The van der Waals surface area contributed by atoms with Gasteiger partial charge in [-0.3, -0.25) is 9.78 Å². The van der Waals surface area contributed by atoms with E-state index in [1.165, 1.54) is 26.6 Å². The Hall–Kier alpha value is -2.05. The molecule has 2 aromatic heterocycles. The molecule has 1 atom stereocenters. The number of carbonyl (C=O) groups excluding carboxylic acids is 1. The molecule has 0 fully saturated rings. The van der Waals surface area contributed by atoms with Gasteiger partial charge < -0.3 is 14.6 Å². The molecular weight excluding hydrogens is 710 g/mol. The van der Waals surface area contributed by atoms with Crippen LogP contribution < -0.4 is 9.47 Å². The summed E-state index contributed by atoms with van der Waals surface area (Å²) in [5.74, 6) is 0.580. The number of carbonyl (C=O) groups is 1. The van der Waals surface area contributed by atoms with Crippen LogP contribution in [-0.2, 0) is 0 Å². The highest BCUT2D eigenvalue weighted by Crippen LogP contribution is 2.34. The van der Waals surface area contributed by atoms with Gasteiger partial charge in [-0.05, 0) is 36.4 Å². The molecule has 0 saturated carbocycles. The third-order valence-corrected chi connectivity index (χ3v) is 6.69. The number of nitrogens with zero attached hydrogens (tertiary/aromatic N) is 4. The first-order valence-electron chi connectivity index (χ1n) is 10.3. The van der Waals surface area contributed by atoms with Crippen molar-refractivity contribution in [2.24, 2.45) is 0 Å². The Morgan fingerprint density at radius 2 is 1.39 bits per heavy atom. The molecule has 0 amide bonds. The maximum atomic E-state index is 12.4. The van der Waals surface area contributed by atoms with E-state index >= 15 is 0 Å². The lowest BCUT2D eigenvalue weighted by Crippen LogP contribution is -2.08. The summed E-state index contributed by atoms with van der Waals surface area (Å²) in [7, 11) is 3.00. The Morgan fingerprint density at radius 3 is 1.97 bits per heavy atom. The predicted molar refractivity (Wildman–Crippen MR) is 153 cm³/mol. The summed E-state index contributed by atoms with van der Waals surface area (Å²) in [4.78, 5) is 28.0. The molecule has 1 unspecified atom stereocenters. The summed E-state index contributed by atoms with van der Waals surface area (Å²) >= 11 is 29.8. The maximum Gasteiger partial charge on any atom is 0.218 e. The van der Waals surface area contributed by atoms with Crippen molar-refractivity contribution in [3.63, 3.8) is 0 Å². The van der Waals surface area contributed by atoms with Crippen molar-refractivity contribution in [1.82, 2.24) is 19.9 Å². The van der Waals surface area contributed by atoms with Gasteiger partial charge in [-0.25, -0.2) is 15.0 Å². The number of ether oxygens (including phenoxy) is 2. The van der Waals surface area contributed by atoms with E-state index in [1.807, 2.05) is 6.07 Å². The van der Waals surface area contributed by atoms with E-state index in [1.54, 1.807) is 30.3 Å². The van der Waals surface area contributed by atoms with Crippen LogP contribution in [0.1, 0.15) is 33.4 Å². The van der Waals surface area contributed by atoms with E-state index in [4.69, 9.17) is 55.9 Å². The number of ketones is 1. The van der Waals surface area contributed by atoms with Gasteiger partial charge in [-0.15, -0.1) is 0 Å². The van der Waals surface area contributed by atoms with Crippen molar-refractivity contribution in [2.45, 2.75) is 6.10 Å². The van der Waals surface area contributed by atoms with Crippen LogP contribution in [0.25, 0.3) is 0 Å². The second-order valence-corrected chi connectivity index (χ2v) is 10.5. The minimum Gasteiger partial charge on any atom is -0.496 e. The van der Waals surface area contributed by atoms with E-state index < -0.39 is 6.10 Å². The van der Waals surface area contributed by atoms with Gasteiger partial charge in [0.1, 0.15) is 39.3 Å².